The van der Waals surface area contributed by atoms with Gasteiger partial charge in [0.25, 0.3) is 5.91 Å². The molecule has 0 spiro atoms. The average Bonchev–Trinajstić information content (AvgIpc) is 3.09. The lowest BCUT2D eigenvalue weighted by molar-refractivity contribution is -0.114. The van der Waals surface area contributed by atoms with E-state index in [1.165, 1.54) is 39.8 Å². The highest BCUT2D eigenvalue weighted by atomic mass is 35.5. The van der Waals surface area contributed by atoms with Crippen molar-refractivity contribution in [2.24, 2.45) is 0 Å². The van der Waals surface area contributed by atoms with Crippen molar-refractivity contribution in [3.8, 4) is 10.4 Å². The molecule has 0 atom stereocenters. The number of fused-ring (bicyclic) bond motifs is 3. The van der Waals surface area contributed by atoms with Gasteiger partial charge in [-0.15, -0.1) is 11.3 Å². The molecule has 1 aliphatic carbocycles. The molecule has 0 saturated carbocycles. The topological polar surface area (TPSA) is 58.2 Å². The van der Waals surface area contributed by atoms with Crippen LogP contribution in [0, 0.1) is 0 Å². The highest BCUT2D eigenvalue weighted by Crippen LogP contribution is 2.39. The number of carbonyl (C=O) groups is 2. The Bertz CT molecular complexity index is 1060. The predicted molar refractivity (Wildman–Crippen MR) is 111 cm³/mol. The Hall–Kier alpha value is -2.63. The second kappa shape index (κ2) is 7.18. The summed E-state index contributed by atoms with van der Waals surface area (Å²) in [6.45, 7) is 1.42. The Morgan fingerprint density at radius 2 is 1.78 bits per heavy atom. The molecule has 4 rings (SSSR count). The van der Waals surface area contributed by atoms with Crippen molar-refractivity contribution in [1.29, 1.82) is 0 Å². The van der Waals surface area contributed by atoms with Gasteiger partial charge in [0.15, 0.2) is 0 Å². The first kappa shape index (κ1) is 17.8. The van der Waals surface area contributed by atoms with Gasteiger partial charge in [-0.25, -0.2) is 0 Å². The van der Waals surface area contributed by atoms with Gasteiger partial charge in [-0.1, -0.05) is 35.9 Å². The molecule has 0 bridgehead atoms. The van der Waals surface area contributed by atoms with Crippen LogP contribution in [0.4, 0.5) is 11.4 Å². The molecule has 0 saturated heterocycles. The van der Waals surface area contributed by atoms with Gasteiger partial charge in [0, 0.05) is 17.5 Å². The molecule has 0 fully saturated rings. The Balaban J connectivity index is 1.56. The molecule has 0 aliphatic heterocycles. The number of amides is 2. The SMILES string of the molecule is CC(=O)Nc1ccc(NC(=O)c2cc3c(s2)-c2ccccc2CC3)cc1Cl. The summed E-state index contributed by atoms with van der Waals surface area (Å²) >= 11 is 7.70. The number of carbonyl (C=O) groups excluding carboxylic acids is 2. The number of hydrogen-bond acceptors (Lipinski definition) is 3. The maximum absolute atomic E-state index is 12.7. The number of rotatable bonds is 3. The average molecular weight is 397 g/mol. The fourth-order valence-electron chi connectivity index (χ4n) is 3.26. The van der Waals surface area contributed by atoms with E-state index in [9.17, 15) is 9.59 Å². The van der Waals surface area contributed by atoms with Crippen molar-refractivity contribution in [3.05, 3.63) is 69.6 Å². The van der Waals surface area contributed by atoms with Gasteiger partial charge in [-0.3, -0.25) is 9.59 Å². The van der Waals surface area contributed by atoms with Crippen LogP contribution in [0.15, 0.2) is 48.5 Å². The van der Waals surface area contributed by atoms with Crippen LogP contribution >= 0.6 is 22.9 Å². The van der Waals surface area contributed by atoms with Gasteiger partial charge >= 0.3 is 0 Å². The second-order valence-electron chi connectivity index (χ2n) is 6.45. The predicted octanol–water partition coefficient (Wildman–Crippen LogP) is 5.38. The highest BCUT2D eigenvalue weighted by Gasteiger charge is 2.21. The molecule has 3 aromatic rings. The van der Waals surface area contributed by atoms with E-state index in [4.69, 9.17) is 11.6 Å². The van der Waals surface area contributed by atoms with E-state index in [1.54, 1.807) is 18.2 Å². The largest absolute Gasteiger partial charge is 0.325 e. The summed E-state index contributed by atoms with van der Waals surface area (Å²) in [6.07, 6.45) is 1.95. The zero-order valence-electron chi connectivity index (χ0n) is 14.6. The van der Waals surface area contributed by atoms with Gasteiger partial charge in [-0.2, -0.15) is 0 Å². The summed E-state index contributed by atoms with van der Waals surface area (Å²) in [5.74, 6) is -0.353. The Labute approximate surface area is 166 Å². The third kappa shape index (κ3) is 3.61. The van der Waals surface area contributed by atoms with E-state index in [1.807, 2.05) is 12.1 Å². The molecule has 4 nitrogen and oxygen atoms in total. The second-order valence-corrected chi connectivity index (χ2v) is 7.91. The normalized spacial score (nSPS) is 12.1. The van der Waals surface area contributed by atoms with Crippen molar-refractivity contribution < 1.29 is 9.59 Å². The lowest BCUT2D eigenvalue weighted by Gasteiger charge is -2.15. The van der Waals surface area contributed by atoms with Crippen LogP contribution in [0.2, 0.25) is 5.02 Å². The quantitative estimate of drug-likeness (QED) is 0.624. The van der Waals surface area contributed by atoms with E-state index >= 15 is 0 Å². The lowest BCUT2D eigenvalue weighted by atomic mass is 9.91. The maximum Gasteiger partial charge on any atom is 0.265 e. The molecule has 1 heterocycles. The summed E-state index contributed by atoms with van der Waals surface area (Å²) < 4.78 is 0. The molecule has 136 valence electrons. The minimum atomic E-state index is -0.196. The number of halogens is 1. The standard InChI is InChI=1S/C21H17ClN2O2S/c1-12(25)23-18-9-8-15(11-17(18)22)24-21(26)19-10-14-7-6-13-4-2-3-5-16(13)20(14)27-19/h2-5,8-11H,6-7H2,1H3,(H,23,25)(H,24,26). The number of thiophene rings is 1. The number of anilines is 2. The smallest absolute Gasteiger partial charge is 0.265 e. The van der Waals surface area contributed by atoms with Crippen LogP contribution in [0.3, 0.4) is 0 Å². The zero-order valence-corrected chi connectivity index (χ0v) is 16.2. The molecule has 27 heavy (non-hydrogen) atoms. The molecular weight excluding hydrogens is 380 g/mol. The fraction of sp³-hybridized carbons (Fsp3) is 0.143. The Morgan fingerprint density at radius 1 is 1.00 bits per heavy atom. The molecule has 0 radical (unpaired) electrons. The number of hydrogen-bond donors (Lipinski definition) is 2. The number of benzene rings is 2. The number of aryl methyl sites for hydroxylation is 2. The van der Waals surface area contributed by atoms with Crippen molar-refractivity contribution in [3.63, 3.8) is 0 Å². The molecular formula is C21H17ClN2O2S. The molecule has 2 N–H and O–H groups in total. The van der Waals surface area contributed by atoms with Gasteiger partial charge in [0.05, 0.1) is 15.6 Å². The van der Waals surface area contributed by atoms with Crippen LogP contribution < -0.4 is 10.6 Å². The first-order valence-corrected chi connectivity index (χ1v) is 9.80. The van der Waals surface area contributed by atoms with Crippen molar-refractivity contribution in [2.75, 3.05) is 10.6 Å². The first-order valence-electron chi connectivity index (χ1n) is 8.61. The van der Waals surface area contributed by atoms with Crippen molar-refractivity contribution in [1.82, 2.24) is 0 Å². The van der Waals surface area contributed by atoms with E-state index in [-0.39, 0.29) is 11.8 Å². The van der Waals surface area contributed by atoms with E-state index in [2.05, 4.69) is 28.8 Å². The summed E-state index contributed by atoms with van der Waals surface area (Å²) in [5, 5.41) is 5.91. The van der Waals surface area contributed by atoms with Crippen molar-refractivity contribution in [2.45, 2.75) is 19.8 Å². The summed E-state index contributed by atoms with van der Waals surface area (Å²) in [7, 11) is 0. The summed E-state index contributed by atoms with van der Waals surface area (Å²) in [4.78, 5) is 25.7. The molecule has 6 heteroatoms. The third-order valence-corrected chi connectivity index (χ3v) is 6.02. The van der Waals surface area contributed by atoms with Crippen molar-refractivity contribution >= 4 is 46.1 Å². The molecule has 1 aliphatic rings. The molecule has 1 aromatic heterocycles. The Morgan fingerprint density at radius 3 is 2.56 bits per heavy atom. The van der Waals surface area contributed by atoms with Crippen LogP contribution in [0.25, 0.3) is 10.4 Å². The van der Waals surface area contributed by atoms with Gasteiger partial charge in [-0.05, 0) is 53.8 Å². The van der Waals surface area contributed by atoms with Gasteiger partial charge < -0.3 is 10.6 Å². The van der Waals surface area contributed by atoms with Crippen LogP contribution in [-0.2, 0) is 17.6 Å². The fourth-order valence-corrected chi connectivity index (χ4v) is 4.65. The van der Waals surface area contributed by atoms with Crippen LogP contribution in [0.1, 0.15) is 27.7 Å². The zero-order chi connectivity index (χ0) is 19.0. The van der Waals surface area contributed by atoms with E-state index in [0.29, 0.717) is 21.3 Å². The number of nitrogens with one attached hydrogen (secondary N) is 2. The van der Waals surface area contributed by atoms with Gasteiger partial charge in [0.1, 0.15) is 0 Å². The minimum absolute atomic E-state index is 0.157. The summed E-state index contributed by atoms with van der Waals surface area (Å²) in [6, 6.07) is 15.4. The summed E-state index contributed by atoms with van der Waals surface area (Å²) in [5.41, 5.74) is 4.89. The molecule has 2 aromatic carbocycles. The third-order valence-electron chi connectivity index (χ3n) is 4.50. The van der Waals surface area contributed by atoms with Gasteiger partial charge in [0.2, 0.25) is 5.91 Å². The maximum atomic E-state index is 12.7. The molecule has 2 amide bonds. The molecule has 0 unspecified atom stereocenters. The Kier molecular flexibility index (Phi) is 4.72. The van der Waals surface area contributed by atoms with Crippen LogP contribution in [-0.4, -0.2) is 11.8 Å². The van der Waals surface area contributed by atoms with Crippen LogP contribution in [0.5, 0.6) is 0 Å². The lowest BCUT2D eigenvalue weighted by Crippen LogP contribution is -2.11. The first-order chi connectivity index (χ1) is 13.0. The monoisotopic (exact) mass is 396 g/mol. The highest BCUT2D eigenvalue weighted by molar-refractivity contribution is 7.17. The minimum Gasteiger partial charge on any atom is -0.325 e. The van der Waals surface area contributed by atoms with E-state index in [0.717, 1.165) is 12.8 Å². The van der Waals surface area contributed by atoms with E-state index < -0.39 is 0 Å².